The zero-order chi connectivity index (χ0) is 25.7. The van der Waals surface area contributed by atoms with Crippen molar-refractivity contribution in [2.45, 2.75) is 25.2 Å². The molecular formula is C18H37N3O8S4. The van der Waals surface area contributed by atoms with Crippen LogP contribution >= 0.6 is 24.4 Å². The molecule has 1 N–H and O–H groups in total. The molecule has 0 fully saturated rings. The van der Waals surface area contributed by atoms with Crippen molar-refractivity contribution in [2.24, 2.45) is 0 Å². The minimum absolute atomic E-state index is 0.125. The molecule has 0 aromatic carbocycles. The molecule has 0 bridgehead atoms. The van der Waals surface area contributed by atoms with Crippen LogP contribution in [0.25, 0.3) is 0 Å². The Kier molecular flexibility index (Phi) is 16.9. The van der Waals surface area contributed by atoms with E-state index >= 15 is 0 Å². The van der Waals surface area contributed by atoms with Crippen molar-refractivity contribution < 1.29 is 47.1 Å². The molecule has 0 atom stereocenters. The third-order valence-corrected chi connectivity index (χ3v) is 6.43. The van der Waals surface area contributed by atoms with E-state index in [4.69, 9.17) is 87.6 Å². The van der Waals surface area contributed by atoms with Crippen LogP contribution in [0.5, 0.6) is 0 Å². The summed E-state index contributed by atoms with van der Waals surface area (Å²) in [6, 6.07) is 0. The Hall–Kier alpha value is 0.180. The van der Waals surface area contributed by atoms with E-state index in [1.54, 1.807) is 0 Å². The van der Waals surface area contributed by atoms with Gasteiger partial charge in [0.05, 0.1) is 8.64 Å². The van der Waals surface area contributed by atoms with Crippen LogP contribution in [0.15, 0.2) is 0 Å². The molecule has 33 heavy (non-hydrogen) atoms. The van der Waals surface area contributed by atoms with Crippen molar-refractivity contribution in [3.63, 3.8) is 0 Å². The highest BCUT2D eigenvalue weighted by Crippen LogP contribution is 2.20. The van der Waals surface area contributed by atoms with Gasteiger partial charge in [0, 0.05) is 56.9 Å². The smallest absolute Gasteiger partial charge is 0.209 e. The normalized spacial score (nSPS) is 13.0. The number of nitrogens with one attached hydrogen (secondary N) is 1. The molecule has 0 radical (unpaired) electrons. The van der Waals surface area contributed by atoms with Gasteiger partial charge in [0.2, 0.25) is 25.2 Å². The van der Waals surface area contributed by atoms with Gasteiger partial charge in [-0.15, -0.1) is 0 Å². The van der Waals surface area contributed by atoms with E-state index in [1.807, 2.05) is 0 Å². The van der Waals surface area contributed by atoms with Crippen LogP contribution in [0.2, 0.25) is 0 Å². The summed E-state index contributed by atoms with van der Waals surface area (Å²) in [6.07, 6.45) is -2.74. The quantitative estimate of drug-likeness (QED) is 0.0827. The Morgan fingerprint density at radius 1 is 0.545 bits per heavy atom. The van der Waals surface area contributed by atoms with Crippen molar-refractivity contribution in [1.29, 1.82) is 0 Å². The summed E-state index contributed by atoms with van der Waals surface area (Å²) in [5.41, 5.74) is 3.42. The van der Waals surface area contributed by atoms with Gasteiger partial charge in [-0.2, -0.15) is 9.18 Å². The summed E-state index contributed by atoms with van der Waals surface area (Å²) in [5.74, 6) is 0. The van der Waals surface area contributed by atoms with Gasteiger partial charge in [-0.25, -0.2) is 0 Å². The molecule has 0 amide bonds. The molecule has 0 aromatic rings. The maximum Gasteiger partial charge on any atom is 0.209 e. The van der Waals surface area contributed by atoms with Gasteiger partial charge in [0.1, 0.15) is 0 Å². The molecule has 0 spiro atoms. The molecule has 11 nitrogen and oxygen atoms in total. The van der Waals surface area contributed by atoms with Crippen LogP contribution in [0.1, 0.15) is 0 Å². The largest absolute Gasteiger partial charge is 0.368 e. The fraction of sp³-hybridized carbons (Fsp3) is 0.889. The van der Waals surface area contributed by atoms with E-state index in [1.165, 1.54) is 56.9 Å². The molecule has 0 rings (SSSR count). The Bertz CT molecular complexity index is 501. The molecule has 0 saturated carbocycles. The highest BCUT2D eigenvalue weighted by atomic mass is 32.1. The molecule has 15 heteroatoms. The van der Waals surface area contributed by atoms with Crippen LogP contribution in [-0.2, 0) is 63.2 Å². The van der Waals surface area contributed by atoms with Gasteiger partial charge < -0.3 is 87.6 Å². The van der Waals surface area contributed by atoms with E-state index < -0.39 is 25.2 Å². The Labute approximate surface area is 218 Å². The molecule has 0 unspecified atom stereocenters. The van der Waals surface area contributed by atoms with E-state index in [0.717, 1.165) is 0 Å². The number of hydrogen-bond donors (Lipinski definition) is 1. The first-order valence-corrected chi connectivity index (χ1v) is 11.4. The summed E-state index contributed by atoms with van der Waals surface area (Å²) in [7, 11) is 12.1. The van der Waals surface area contributed by atoms with Crippen LogP contribution in [0.4, 0.5) is 0 Å². The third-order valence-electron chi connectivity index (χ3n) is 5.03. The number of ether oxygens (including phenoxy) is 8. The highest BCUT2D eigenvalue weighted by molar-refractivity contribution is 8.00. The second-order valence-corrected chi connectivity index (χ2v) is 8.97. The summed E-state index contributed by atoms with van der Waals surface area (Å²) in [5, 5.41) is 0. The number of hydrogen-bond acceptors (Lipinski definition) is 13. The Morgan fingerprint density at radius 2 is 0.727 bits per heavy atom. The molecule has 196 valence electrons. The summed E-state index contributed by atoms with van der Waals surface area (Å²) in [4.78, 5) is 0. The molecule has 0 aliphatic carbocycles. The highest BCUT2D eigenvalue weighted by Gasteiger charge is 2.46. The first kappa shape index (κ1) is 33.2. The van der Waals surface area contributed by atoms with Gasteiger partial charge in [-0.3, -0.25) is 0 Å². The molecule has 0 heterocycles. The average Bonchev–Trinajstić information content (AvgIpc) is 2.81. The lowest BCUT2D eigenvalue weighted by Crippen LogP contribution is -2.79. The van der Waals surface area contributed by atoms with Crippen LogP contribution < -0.4 is 5.53 Å². The lowest BCUT2D eigenvalue weighted by atomic mass is 10.4. The lowest BCUT2D eigenvalue weighted by Gasteiger charge is -2.50. The number of nitrogens with zero attached hydrogens (tertiary/aromatic N) is 2. The standard InChI is InChI=1S/C18H37N3O8S4/c1-22-13(23-2)9-20(17(30)31,10-14(24-3)25-4)19-21(18(32)33,11-15(26-5)27-6)12-16(28-7)29-8/h13-16,19H,9-12H2,1-8H3. The van der Waals surface area contributed by atoms with Crippen LogP contribution in [-0.4, -0.2) is 126 Å². The predicted octanol–water partition coefficient (Wildman–Crippen LogP) is 0.179. The minimum Gasteiger partial charge on any atom is -0.368 e. The van der Waals surface area contributed by atoms with Gasteiger partial charge >= 0.3 is 0 Å². The molecule has 0 aromatic heterocycles. The van der Waals surface area contributed by atoms with Crippen molar-refractivity contribution >= 4 is 58.3 Å². The van der Waals surface area contributed by atoms with Gasteiger partial charge in [0.15, 0.2) is 26.2 Å². The van der Waals surface area contributed by atoms with E-state index in [-0.39, 0.29) is 44.0 Å². The van der Waals surface area contributed by atoms with Gasteiger partial charge in [-0.1, -0.05) is 0 Å². The first-order valence-electron chi connectivity index (χ1n) is 9.76. The monoisotopic (exact) mass is 551 g/mol. The third kappa shape index (κ3) is 9.98. The number of thiocarbonyl (C=S) groups is 2. The van der Waals surface area contributed by atoms with E-state index in [2.05, 4.69) is 5.53 Å². The van der Waals surface area contributed by atoms with Gasteiger partial charge in [-0.05, 0) is 5.53 Å². The fourth-order valence-corrected chi connectivity index (χ4v) is 3.82. The van der Waals surface area contributed by atoms with Gasteiger partial charge in [0.25, 0.3) is 0 Å². The average molecular weight is 552 g/mol. The minimum atomic E-state index is -0.686. The second-order valence-electron chi connectivity index (χ2n) is 6.90. The van der Waals surface area contributed by atoms with Crippen molar-refractivity contribution in [1.82, 2.24) is 5.53 Å². The van der Waals surface area contributed by atoms with Crippen LogP contribution in [0.3, 0.4) is 0 Å². The summed E-state index contributed by atoms with van der Waals surface area (Å²) < 4.78 is 43.3. The zero-order valence-corrected chi connectivity index (χ0v) is 23.7. The lowest BCUT2D eigenvalue weighted by molar-refractivity contribution is -1.09. The molecule has 0 aliphatic rings. The van der Waals surface area contributed by atoms with Crippen molar-refractivity contribution in [3.05, 3.63) is 0 Å². The topological polar surface area (TPSA) is 85.9 Å². The first-order chi connectivity index (χ1) is 15.6. The van der Waals surface area contributed by atoms with Crippen molar-refractivity contribution in [3.8, 4) is 0 Å². The molecule has 0 saturated heterocycles. The maximum absolute atomic E-state index is 5.54. The number of rotatable bonds is 18. The SMILES string of the molecule is COC(C[N+](CC(OC)OC)(N[N+](CC(OC)OC)(CC(OC)OC)C(=S)[S-])C(=S)[S-])OC. The molecular weight excluding hydrogens is 514 g/mol. The van der Waals surface area contributed by atoms with Crippen LogP contribution in [0, 0.1) is 0 Å². The van der Waals surface area contributed by atoms with E-state index in [9.17, 15) is 0 Å². The Morgan fingerprint density at radius 3 is 0.848 bits per heavy atom. The zero-order valence-electron chi connectivity index (χ0n) is 20.4. The number of quaternary nitrogens is 2. The van der Waals surface area contributed by atoms with Crippen molar-refractivity contribution in [2.75, 3.05) is 83.1 Å². The number of methoxy groups -OCH3 is 8. The summed E-state index contributed by atoms with van der Waals surface area (Å²) in [6.45, 7) is 0.578. The predicted molar refractivity (Wildman–Crippen MR) is 134 cm³/mol. The Balaban J connectivity index is 6.76. The van der Waals surface area contributed by atoms with E-state index in [0.29, 0.717) is 0 Å². The second kappa shape index (κ2) is 16.8. The maximum atomic E-state index is 5.54. The fourth-order valence-electron chi connectivity index (χ4n) is 3.06. The summed E-state index contributed by atoms with van der Waals surface area (Å²) >= 11 is 22.2. The molecule has 0 aliphatic heterocycles.